The van der Waals surface area contributed by atoms with Gasteiger partial charge in [0, 0.05) is 63.7 Å². The van der Waals surface area contributed by atoms with Crippen LogP contribution in [0.25, 0.3) is 0 Å². The normalized spacial score (nSPS) is 24.8. The molecule has 0 spiro atoms. The summed E-state index contributed by atoms with van der Waals surface area (Å²) < 4.78 is 4.87. The van der Waals surface area contributed by atoms with Crippen LogP contribution in [0.15, 0.2) is 0 Å². The van der Waals surface area contributed by atoms with Gasteiger partial charge in [-0.1, -0.05) is 0 Å². The molecule has 7 heteroatoms. The van der Waals surface area contributed by atoms with Crippen molar-refractivity contribution in [2.24, 2.45) is 5.92 Å². The summed E-state index contributed by atoms with van der Waals surface area (Å²) in [4.78, 5) is 30.5. The van der Waals surface area contributed by atoms with Gasteiger partial charge in [-0.15, -0.1) is 0 Å². The van der Waals surface area contributed by atoms with E-state index in [9.17, 15) is 9.59 Å². The molecule has 2 aliphatic rings. The number of hydrogen-bond acceptors (Lipinski definition) is 6. The number of piperazine rings is 1. The molecule has 0 aromatic rings. The molecule has 0 aliphatic carbocycles. The number of thioether (sulfide) groups is 1. The minimum absolute atomic E-state index is 0.0729. The Morgan fingerprint density at radius 2 is 1.91 bits per heavy atom. The van der Waals surface area contributed by atoms with Crippen LogP contribution in [-0.4, -0.2) is 98.1 Å². The lowest BCUT2D eigenvalue weighted by Crippen LogP contribution is -2.48. The van der Waals surface area contributed by atoms with E-state index in [1.807, 2.05) is 4.90 Å². The van der Waals surface area contributed by atoms with Crippen LogP contribution >= 0.6 is 11.8 Å². The Morgan fingerprint density at radius 1 is 1.18 bits per heavy atom. The lowest BCUT2D eigenvalue weighted by atomic mass is 10.1. The molecule has 2 rings (SSSR count). The van der Waals surface area contributed by atoms with Crippen LogP contribution in [0.1, 0.15) is 6.42 Å². The highest BCUT2D eigenvalue weighted by Gasteiger charge is 2.26. The third-order valence-electron chi connectivity index (χ3n) is 4.38. The number of carbonyl (C=O) groups excluding carboxylic acids is 2. The molecule has 0 saturated carbocycles. The van der Waals surface area contributed by atoms with E-state index in [2.05, 4.69) is 16.8 Å². The Balaban J connectivity index is 1.77. The molecule has 6 nitrogen and oxygen atoms in total. The van der Waals surface area contributed by atoms with E-state index in [0.29, 0.717) is 13.0 Å². The fourth-order valence-corrected chi connectivity index (χ4v) is 3.93. The van der Waals surface area contributed by atoms with Gasteiger partial charge in [0.25, 0.3) is 0 Å². The lowest BCUT2D eigenvalue weighted by molar-refractivity contribution is -0.145. The molecule has 1 amide bonds. The first-order valence-corrected chi connectivity index (χ1v) is 9.10. The largest absolute Gasteiger partial charge is 0.469 e. The maximum absolute atomic E-state index is 12.3. The van der Waals surface area contributed by atoms with Gasteiger partial charge in [0.1, 0.15) is 0 Å². The van der Waals surface area contributed by atoms with Crippen LogP contribution in [0.4, 0.5) is 0 Å². The zero-order valence-corrected chi connectivity index (χ0v) is 14.4. The molecule has 2 fully saturated rings. The van der Waals surface area contributed by atoms with Crippen molar-refractivity contribution < 1.29 is 14.3 Å². The van der Waals surface area contributed by atoms with Gasteiger partial charge in [-0.3, -0.25) is 9.59 Å². The minimum atomic E-state index is -0.134. The average Bonchev–Trinajstić information content (AvgIpc) is 2.78. The van der Waals surface area contributed by atoms with Crippen LogP contribution < -0.4 is 0 Å². The SMILES string of the molecule is COC(=O)[C@@H]1CSCCN(CCC(=O)N2CCN(C)CC2)C1. The van der Waals surface area contributed by atoms with E-state index in [-0.39, 0.29) is 17.8 Å². The summed E-state index contributed by atoms with van der Waals surface area (Å²) in [5, 5.41) is 0. The molecular weight excluding hydrogens is 302 g/mol. The molecule has 22 heavy (non-hydrogen) atoms. The van der Waals surface area contributed by atoms with E-state index in [0.717, 1.165) is 50.8 Å². The summed E-state index contributed by atoms with van der Waals surface area (Å²) in [7, 11) is 3.53. The van der Waals surface area contributed by atoms with Crippen LogP contribution in [0.3, 0.4) is 0 Å². The molecule has 2 aliphatic heterocycles. The van der Waals surface area contributed by atoms with E-state index >= 15 is 0 Å². The quantitative estimate of drug-likeness (QED) is 0.676. The Hall–Kier alpha value is -0.790. The van der Waals surface area contributed by atoms with Gasteiger partial charge in [-0.2, -0.15) is 11.8 Å². The molecule has 0 bridgehead atoms. The second kappa shape index (κ2) is 8.74. The van der Waals surface area contributed by atoms with E-state index in [4.69, 9.17) is 4.74 Å². The van der Waals surface area contributed by atoms with Crippen molar-refractivity contribution in [1.82, 2.24) is 14.7 Å². The Labute approximate surface area is 137 Å². The number of amides is 1. The highest BCUT2D eigenvalue weighted by molar-refractivity contribution is 7.99. The van der Waals surface area contributed by atoms with Gasteiger partial charge >= 0.3 is 5.97 Å². The molecule has 1 atom stereocenters. The third kappa shape index (κ3) is 5.14. The lowest BCUT2D eigenvalue weighted by Gasteiger charge is -2.33. The minimum Gasteiger partial charge on any atom is -0.469 e. The first-order valence-electron chi connectivity index (χ1n) is 7.94. The van der Waals surface area contributed by atoms with Crippen molar-refractivity contribution in [2.45, 2.75) is 6.42 Å². The number of rotatable bonds is 4. The summed E-state index contributed by atoms with van der Waals surface area (Å²) in [5.41, 5.74) is 0. The summed E-state index contributed by atoms with van der Waals surface area (Å²) in [6, 6.07) is 0. The van der Waals surface area contributed by atoms with Crippen molar-refractivity contribution in [1.29, 1.82) is 0 Å². The number of esters is 1. The third-order valence-corrected chi connectivity index (χ3v) is 5.49. The Bertz CT molecular complexity index is 386. The predicted molar refractivity (Wildman–Crippen MR) is 88.0 cm³/mol. The number of methoxy groups -OCH3 is 1. The molecule has 0 radical (unpaired) electrons. The Morgan fingerprint density at radius 3 is 2.59 bits per heavy atom. The summed E-state index contributed by atoms with van der Waals surface area (Å²) in [6.45, 7) is 5.95. The number of ether oxygens (including phenoxy) is 1. The monoisotopic (exact) mass is 329 g/mol. The van der Waals surface area contributed by atoms with Crippen molar-refractivity contribution in [3.8, 4) is 0 Å². The highest BCUT2D eigenvalue weighted by Crippen LogP contribution is 2.17. The average molecular weight is 329 g/mol. The topological polar surface area (TPSA) is 53.1 Å². The van der Waals surface area contributed by atoms with Gasteiger partial charge < -0.3 is 19.4 Å². The smallest absolute Gasteiger partial charge is 0.310 e. The summed E-state index contributed by atoms with van der Waals surface area (Å²) in [6.07, 6.45) is 0.544. The summed E-state index contributed by atoms with van der Waals surface area (Å²) >= 11 is 1.79. The van der Waals surface area contributed by atoms with E-state index < -0.39 is 0 Å². The molecule has 0 unspecified atom stereocenters. The molecule has 0 aromatic carbocycles. The van der Waals surface area contributed by atoms with Gasteiger partial charge in [-0.25, -0.2) is 0 Å². The maximum Gasteiger partial charge on any atom is 0.310 e. The molecule has 0 aromatic heterocycles. The zero-order valence-electron chi connectivity index (χ0n) is 13.6. The second-order valence-corrected chi connectivity index (χ2v) is 7.18. The van der Waals surface area contributed by atoms with E-state index in [1.54, 1.807) is 11.8 Å². The van der Waals surface area contributed by atoms with Crippen molar-refractivity contribution >= 4 is 23.6 Å². The van der Waals surface area contributed by atoms with Gasteiger partial charge in [0.15, 0.2) is 0 Å². The van der Waals surface area contributed by atoms with Crippen LogP contribution in [0, 0.1) is 5.92 Å². The number of nitrogens with zero attached hydrogens (tertiary/aromatic N) is 3. The van der Waals surface area contributed by atoms with Crippen molar-refractivity contribution in [2.75, 3.05) is 71.5 Å². The van der Waals surface area contributed by atoms with Crippen LogP contribution in [0.2, 0.25) is 0 Å². The first kappa shape index (κ1) is 17.6. The molecule has 2 heterocycles. The second-order valence-electron chi connectivity index (χ2n) is 6.03. The van der Waals surface area contributed by atoms with Crippen molar-refractivity contribution in [3.63, 3.8) is 0 Å². The molecular formula is C15H27N3O3S. The molecule has 126 valence electrons. The number of carbonyl (C=O) groups is 2. The highest BCUT2D eigenvalue weighted by atomic mass is 32.2. The first-order chi connectivity index (χ1) is 10.6. The van der Waals surface area contributed by atoms with Crippen LogP contribution in [0.5, 0.6) is 0 Å². The predicted octanol–water partition coefficient (Wildman–Crippen LogP) is -0.0115. The van der Waals surface area contributed by atoms with Gasteiger partial charge in [0.2, 0.25) is 5.91 Å². The van der Waals surface area contributed by atoms with Crippen molar-refractivity contribution in [3.05, 3.63) is 0 Å². The zero-order chi connectivity index (χ0) is 15.9. The Kier molecular flexibility index (Phi) is 6.98. The number of hydrogen-bond donors (Lipinski definition) is 0. The van der Waals surface area contributed by atoms with Gasteiger partial charge in [0.05, 0.1) is 13.0 Å². The maximum atomic E-state index is 12.3. The summed E-state index contributed by atoms with van der Waals surface area (Å²) in [5.74, 6) is 1.85. The standard InChI is InChI=1S/C15H27N3O3S/c1-16-5-7-18(8-6-16)14(19)3-4-17-9-10-22-12-13(11-17)15(20)21-2/h13H,3-12H2,1-2H3/t13-/m0/s1. The number of likely N-dealkylation sites (N-methyl/N-ethyl adjacent to an activating group) is 1. The fourth-order valence-electron chi connectivity index (χ4n) is 2.85. The fraction of sp³-hybridized carbons (Fsp3) is 0.867. The van der Waals surface area contributed by atoms with E-state index in [1.165, 1.54) is 7.11 Å². The van der Waals surface area contributed by atoms with Gasteiger partial charge in [-0.05, 0) is 7.05 Å². The van der Waals surface area contributed by atoms with Crippen LogP contribution in [-0.2, 0) is 14.3 Å². The molecule has 2 saturated heterocycles. The molecule has 0 N–H and O–H groups in total.